The van der Waals surface area contributed by atoms with Gasteiger partial charge in [-0.15, -0.1) is 0 Å². The highest BCUT2D eigenvalue weighted by Gasteiger charge is 2.03. The quantitative estimate of drug-likeness (QED) is 0.851. The van der Waals surface area contributed by atoms with Gasteiger partial charge in [0.25, 0.3) is 0 Å². The molecule has 0 spiro atoms. The Morgan fingerprint density at radius 2 is 2.29 bits per heavy atom. The van der Waals surface area contributed by atoms with E-state index >= 15 is 0 Å². The highest BCUT2D eigenvalue weighted by Crippen LogP contribution is 2.13. The van der Waals surface area contributed by atoms with Crippen molar-refractivity contribution >= 4 is 0 Å². The number of phenols is 1. The monoisotopic (exact) mass is 233 g/mol. The molecule has 0 aliphatic rings. The van der Waals surface area contributed by atoms with Crippen molar-refractivity contribution in [3.8, 4) is 5.75 Å². The maximum Gasteiger partial charge on any atom is 0.155 e. The van der Waals surface area contributed by atoms with Crippen LogP contribution in [0, 0.1) is 0 Å². The third-order valence-electron chi connectivity index (χ3n) is 2.28. The maximum atomic E-state index is 9.35. The SMILES string of the molecule is CCOCn1cnc(Cc2cccc(O)c2)n1. The van der Waals surface area contributed by atoms with Crippen molar-refractivity contribution in [2.45, 2.75) is 20.1 Å². The van der Waals surface area contributed by atoms with Gasteiger partial charge in [-0.3, -0.25) is 0 Å². The lowest BCUT2D eigenvalue weighted by Gasteiger charge is -2.00. The van der Waals surface area contributed by atoms with E-state index in [9.17, 15) is 5.11 Å². The van der Waals surface area contributed by atoms with Crippen LogP contribution in [-0.4, -0.2) is 26.5 Å². The van der Waals surface area contributed by atoms with Crippen molar-refractivity contribution in [3.05, 3.63) is 42.0 Å². The summed E-state index contributed by atoms with van der Waals surface area (Å²) in [5.41, 5.74) is 0.985. The number of rotatable bonds is 5. The largest absolute Gasteiger partial charge is 0.508 e. The standard InChI is InChI=1S/C12H15N3O2/c1-2-17-9-15-8-13-12(14-15)7-10-4-3-5-11(16)6-10/h3-6,8,16H,2,7,9H2,1H3. The average molecular weight is 233 g/mol. The summed E-state index contributed by atoms with van der Waals surface area (Å²) in [5.74, 6) is 0.978. The van der Waals surface area contributed by atoms with Crippen LogP contribution in [0.3, 0.4) is 0 Å². The van der Waals surface area contributed by atoms with E-state index in [1.54, 1.807) is 23.1 Å². The predicted octanol–water partition coefficient (Wildman–Crippen LogP) is 1.57. The average Bonchev–Trinajstić information content (AvgIpc) is 2.74. The fourth-order valence-electron chi connectivity index (χ4n) is 1.51. The normalized spacial score (nSPS) is 10.6. The molecule has 0 aliphatic carbocycles. The second kappa shape index (κ2) is 5.45. The fourth-order valence-corrected chi connectivity index (χ4v) is 1.51. The molecule has 0 atom stereocenters. The predicted molar refractivity (Wildman–Crippen MR) is 62.6 cm³/mol. The van der Waals surface area contributed by atoms with E-state index in [1.807, 2.05) is 19.1 Å². The summed E-state index contributed by atoms with van der Waals surface area (Å²) in [6, 6.07) is 7.10. The Balaban J connectivity index is 2.01. The molecule has 17 heavy (non-hydrogen) atoms. The number of aromatic nitrogens is 3. The van der Waals surface area contributed by atoms with Crippen molar-refractivity contribution < 1.29 is 9.84 Å². The Labute approximate surface area is 99.7 Å². The van der Waals surface area contributed by atoms with E-state index in [0.29, 0.717) is 19.8 Å². The lowest BCUT2D eigenvalue weighted by molar-refractivity contribution is 0.0787. The van der Waals surface area contributed by atoms with E-state index in [1.165, 1.54) is 0 Å². The minimum atomic E-state index is 0.260. The Morgan fingerprint density at radius 3 is 3.06 bits per heavy atom. The summed E-state index contributed by atoms with van der Waals surface area (Å²) in [6.45, 7) is 3.01. The molecule has 0 aliphatic heterocycles. The van der Waals surface area contributed by atoms with Crippen molar-refractivity contribution in [2.24, 2.45) is 0 Å². The van der Waals surface area contributed by atoms with Crippen LogP contribution in [0.25, 0.3) is 0 Å². The smallest absolute Gasteiger partial charge is 0.155 e. The zero-order valence-electron chi connectivity index (χ0n) is 9.71. The molecule has 0 saturated carbocycles. The molecule has 5 nitrogen and oxygen atoms in total. The molecule has 0 bridgehead atoms. The first kappa shape index (κ1) is 11.6. The number of hydrogen-bond donors (Lipinski definition) is 1. The summed E-state index contributed by atoms with van der Waals surface area (Å²) in [5, 5.41) is 13.6. The van der Waals surface area contributed by atoms with E-state index in [2.05, 4.69) is 10.1 Å². The van der Waals surface area contributed by atoms with Gasteiger partial charge in [0, 0.05) is 13.0 Å². The Hall–Kier alpha value is -1.88. The number of nitrogens with zero attached hydrogens (tertiary/aromatic N) is 3. The molecule has 1 aromatic heterocycles. The number of hydrogen-bond acceptors (Lipinski definition) is 4. The summed E-state index contributed by atoms with van der Waals surface area (Å²) in [7, 11) is 0. The van der Waals surface area contributed by atoms with Gasteiger partial charge in [-0.2, -0.15) is 5.10 Å². The molecular formula is C12H15N3O2. The molecule has 5 heteroatoms. The summed E-state index contributed by atoms with van der Waals surface area (Å²) in [4.78, 5) is 4.18. The van der Waals surface area contributed by atoms with Gasteiger partial charge in [0.05, 0.1) is 0 Å². The van der Waals surface area contributed by atoms with Crippen molar-refractivity contribution in [1.29, 1.82) is 0 Å². The van der Waals surface area contributed by atoms with Crippen LogP contribution in [0.5, 0.6) is 5.75 Å². The first-order valence-electron chi connectivity index (χ1n) is 5.52. The van der Waals surface area contributed by atoms with Gasteiger partial charge in [0.15, 0.2) is 5.82 Å². The van der Waals surface area contributed by atoms with Crippen molar-refractivity contribution in [1.82, 2.24) is 14.8 Å². The van der Waals surface area contributed by atoms with Crippen LogP contribution in [0.1, 0.15) is 18.3 Å². The molecule has 2 aromatic rings. The Kier molecular flexibility index (Phi) is 3.72. The van der Waals surface area contributed by atoms with Crippen LogP contribution in [0.15, 0.2) is 30.6 Å². The fraction of sp³-hybridized carbons (Fsp3) is 0.333. The Morgan fingerprint density at radius 1 is 1.41 bits per heavy atom. The van der Waals surface area contributed by atoms with E-state index < -0.39 is 0 Å². The first-order valence-corrected chi connectivity index (χ1v) is 5.52. The number of ether oxygens (including phenoxy) is 1. The highest BCUT2D eigenvalue weighted by atomic mass is 16.5. The summed E-state index contributed by atoms with van der Waals surface area (Å²) < 4.78 is 6.88. The number of phenolic OH excluding ortho intramolecular Hbond substituents is 1. The molecule has 1 heterocycles. The van der Waals surface area contributed by atoms with Gasteiger partial charge in [0.1, 0.15) is 18.8 Å². The minimum absolute atomic E-state index is 0.260. The lowest BCUT2D eigenvalue weighted by Crippen LogP contribution is -2.03. The van der Waals surface area contributed by atoms with Gasteiger partial charge in [-0.25, -0.2) is 9.67 Å². The highest BCUT2D eigenvalue weighted by molar-refractivity contribution is 5.28. The molecule has 0 amide bonds. The molecule has 2 rings (SSSR count). The van der Waals surface area contributed by atoms with Gasteiger partial charge in [-0.05, 0) is 24.6 Å². The maximum absolute atomic E-state index is 9.35. The lowest BCUT2D eigenvalue weighted by atomic mass is 10.1. The first-order chi connectivity index (χ1) is 8.28. The van der Waals surface area contributed by atoms with Gasteiger partial charge < -0.3 is 9.84 Å². The third-order valence-corrected chi connectivity index (χ3v) is 2.28. The van der Waals surface area contributed by atoms with Crippen LogP contribution in [0.2, 0.25) is 0 Å². The van der Waals surface area contributed by atoms with Crippen LogP contribution < -0.4 is 0 Å². The molecule has 1 aromatic carbocycles. The van der Waals surface area contributed by atoms with Crippen molar-refractivity contribution in [3.63, 3.8) is 0 Å². The van der Waals surface area contributed by atoms with Gasteiger partial charge >= 0.3 is 0 Å². The topological polar surface area (TPSA) is 60.2 Å². The second-order valence-corrected chi connectivity index (χ2v) is 3.67. The van der Waals surface area contributed by atoms with E-state index in [4.69, 9.17) is 4.74 Å². The van der Waals surface area contributed by atoms with Crippen LogP contribution in [0.4, 0.5) is 0 Å². The second-order valence-electron chi connectivity index (χ2n) is 3.67. The zero-order chi connectivity index (χ0) is 12.1. The zero-order valence-corrected chi connectivity index (χ0v) is 9.71. The molecule has 90 valence electrons. The van der Waals surface area contributed by atoms with Gasteiger partial charge in [-0.1, -0.05) is 12.1 Å². The Bertz CT molecular complexity index is 482. The summed E-state index contributed by atoms with van der Waals surface area (Å²) in [6.07, 6.45) is 2.25. The number of benzene rings is 1. The third kappa shape index (κ3) is 3.29. The van der Waals surface area contributed by atoms with E-state index in [-0.39, 0.29) is 5.75 Å². The molecule has 0 unspecified atom stereocenters. The summed E-state index contributed by atoms with van der Waals surface area (Å²) >= 11 is 0. The molecular weight excluding hydrogens is 218 g/mol. The molecule has 0 saturated heterocycles. The minimum Gasteiger partial charge on any atom is -0.508 e. The van der Waals surface area contributed by atoms with Crippen LogP contribution >= 0.6 is 0 Å². The molecule has 0 fully saturated rings. The van der Waals surface area contributed by atoms with Crippen molar-refractivity contribution in [2.75, 3.05) is 6.61 Å². The van der Waals surface area contributed by atoms with Gasteiger partial charge in [0.2, 0.25) is 0 Å². The van der Waals surface area contributed by atoms with Crippen LogP contribution in [-0.2, 0) is 17.9 Å². The number of aromatic hydroxyl groups is 1. The van der Waals surface area contributed by atoms with E-state index in [0.717, 1.165) is 11.4 Å². The molecule has 0 radical (unpaired) electrons. The molecule has 1 N–H and O–H groups in total.